The standard InChI is InChI=1S/C19H23Cl2N3/c1-2-18(16-7-6-14(20)13-17(16)21)23-15-8-11-24(12-9-15)19-5-3-4-10-22-19/h3-7,10,13,15,18,23H,2,8-9,11-12H2,1H3. The Morgan fingerprint density at radius 3 is 2.62 bits per heavy atom. The van der Waals surface area contributed by atoms with Gasteiger partial charge in [0.15, 0.2) is 0 Å². The van der Waals surface area contributed by atoms with Crippen LogP contribution in [0, 0.1) is 0 Å². The molecule has 1 aromatic carbocycles. The van der Waals surface area contributed by atoms with Crippen LogP contribution < -0.4 is 10.2 Å². The number of hydrogen-bond donors (Lipinski definition) is 1. The number of benzene rings is 1. The summed E-state index contributed by atoms with van der Waals surface area (Å²) in [5.74, 6) is 1.07. The molecule has 0 aliphatic carbocycles. The molecule has 24 heavy (non-hydrogen) atoms. The predicted molar refractivity (Wildman–Crippen MR) is 102 cm³/mol. The molecule has 0 spiro atoms. The van der Waals surface area contributed by atoms with Gasteiger partial charge in [-0.2, -0.15) is 0 Å². The van der Waals surface area contributed by atoms with Gasteiger partial charge in [0, 0.05) is 41.4 Å². The number of rotatable bonds is 5. The number of nitrogens with one attached hydrogen (secondary N) is 1. The van der Waals surface area contributed by atoms with E-state index in [2.05, 4.69) is 28.2 Å². The van der Waals surface area contributed by atoms with Crippen LogP contribution in [-0.2, 0) is 0 Å². The zero-order valence-electron chi connectivity index (χ0n) is 13.9. The van der Waals surface area contributed by atoms with Crippen LogP contribution in [0.3, 0.4) is 0 Å². The van der Waals surface area contributed by atoms with Crippen molar-refractivity contribution >= 4 is 29.0 Å². The lowest BCUT2D eigenvalue weighted by Gasteiger charge is -2.35. The van der Waals surface area contributed by atoms with Gasteiger partial charge < -0.3 is 10.2 Å². The van der Waals surface area contributed by atoms with Crippen LogP contribution in [0.25, 0.3) is 0 Å². The minimum atomic E-state index is 0.265. The van der Waals surface area contributed by atoms with Crippen molar-refractivity contribution < 1.29 is 0 Å². The Balaban J connectivity index is 1.60. The third kappa shape index (κ3) is 4.21. The molecule has 3 nitrogen and oxygen atoms in total. The fourth-order valence-corrected chi connectivity index (χ4v) is 3.85. The first-order valence-corrected chi connectivity index (χ1v) is 9.30. The summed E-state index contributed by atoms with van der Waals surface area (Å²) < 4.78 is 0. The molecule has 5 heteroatoms. The molecule has 1 atom stereocenters. The average Bonchev–Trinajstić information content (AvgIpc) is 2.61. The zero-order chi connectivity index (χ0) is 16.9. The van der Waals surface area contributed by atoms with Crippen molar-refractivity contribution in [3.63, 3.8) is 0 Å². The topological polar surface area (TPSA) is 28.2 Å². The van der Waals surface area contributed by atoms with Gasteiger partial charge in [-0.05, 0) is 49.1 Å². The molecule has 1 saturated heterocycles. The van der Waals surface area contributed by atoms with Gasteiger partial charge in [0.2, 0.25) is 0 Å². The smallest absolute Gasteiger partial charge is 0.128 e. The molecule has 1 aliphatic heterocycles. The van der Waals surface area contributed by atoms with Gasteiger partial charge in [0.1, 0.15) is 5.82 Å². The molecule has 0 amide bonds. The summed E-state index contributed by atoms with van der Waals surface area (Å²) in [4.78, 5) is 6.80. The number of piperidine rings is 1. The molecule has 0 bridgehead atoms. The van der Waals surface area contributed by atoms with E-state index >= 15 is 0 Å². The lowest BCUT2D eigenvalue weighted by atomic mass is 9.99. The van der Waals surface area contributed by atoms with E-state index < -0.39 is 0 Å². The van der Waals surface area contributed by atoms with Crippen LogP contribution in [0.4, 0.5) is 5.82 Å². The molecular weight excluding hydrogens is 341 g/mol. The summed E-state index contributed by atoms with van der Waals surface area (Å²) in [7, 11) is 0. The van der Waals surface area contributed by atoms with Crippen molar-refractivity contribution in [1.29, 1.82) is 0 Å². The SMILES string of the molecule is CCC(NC1CCN(c2ccccn2)CC1)c1ccc(Cl)cc1Cl. The van der Waals surface area contributed by atoms with E-state index in [1.165, 1.54) is 0 Å². The second-order valence-electron chi connectivity index (χ2n) is 6.24. The van der Waals surface area contributed by atoms with E-state index in [4.69, 9.17) is 23.2 Å². The van der Waals surface area contributed by atoms with Gasteiger partial charge in [-0.1, -0.05) is 42.3 Å². The monoisotopic (exact) mass is 363 g/mol. The van der Waals surface area contributed by atoms with Crippen LogP contribution in [0.15, 0.2) is 42.6 Å². The quantitative estimate of drug-likeness (QED) is 0.800. The molecule has 3 rings (SSSR count). The fourth-order valence-electron chi connectivity index (χ4n) is 3.31. The normalized spacial score (nSPS) is 17.0. The number of pyridine rings is 1. The van der Waals surface area contributed by atoms with E-state index in [-0.39, 0.29) is 6.04 Å². The van der Waals surface area contributed by atoms with Crippen molar-refractivity contribution in [1.82, 2.24) is 10.3 Å². The average molecular weight is 364 g/mol. The maximum absolute atomic E-state index is 6.38. The highest BCUT2D eigenvalue weighted by atomic mass is 35.5. The first-order chi connectivity index (χ1) is 11.7. The summed E-state index contributed by atoms with van der Waals surface area (Å²) >= 11 is 12.4. The van der Waals surface area contributed by atoms with Gasteiger partial charge in [-0.3, -0.25) is 0 Å². The van der Waals surface area contributed by atoms with Crippen molar-refractivity contribution in [3.05, 3.63) is 58.2 Å². The van der Waals surface area contributed by atoms with E-state index in [1.807, 2.05) is 36.5 Å². The molecule has 128 valence electrons. The highest BCUT2D eigenvalue weighted by Crippen LogP contribution is 2.29. The number of anilines is 1. The van der Waals surface area contributed by atoms with Gasteiger partial charge in [0.25, 0.3) is 0 Å². The third-order valence-corrected chi connectivity index (χ3v) is 5.21. The summed E-state index contributed by atoms with van der Waals surface area (Å²) in [5, 5.41) is 5.21. The van der Waals surface area contributed by atoms with Crippen molar-refractivity contribution in [3.8, 4) is 0 Å². The molecule has 2 aromatic rings. The van der Waals surface area contributed by atoms with Crippen molar-refractivity contribution in [2.75, 3.05) is 18.0 Å². The first kappa shape index (κ1) is 17.5. The van der Waals surface area contributed by atoms with E-state index in [1.54, 1.807) is 0 Å². The minimum absolute atomic E-state index is 0.265. The Morgan fingerprint density at radius 2 is 2.00 bits per heavy atom. The Kier molecular flexibility index (Phi) is 5.99. The fraction of sp³-hybridized carbons (Fsp3) is 0.421. The molecule has 0 saturated carbocycles. The summed E-state index contributed by atoms with van der Waals surface area (Å²) in [5.41, 5.74) is 1.13. The molecular formula is C19H23Cl2N3. The Bertz CT molecular complexity index is 655. The van der Waals surface area contributed by atoms with Gasteiger partial charge in [0.05, 0.1) is 0 Å². The van der Waals surface area contributed by atoms with Crippen LogP contribution >= 0.6 is 23.2 Å². The van der Waals surface area contributed by atoms with E-state index in [9.17, 15) is 0 Å². The van der Waals surface area contributed by atoms with Crippen LogP contribution in [-0.4, -0.2) is 24.1 Å². The third-order valence-electron chi connectivity index (χ3n) is 4.65. The summed E-state index contributed by atoms with van der Waals surface area (Å²) in [6.45, 7) is 4.24. The Morgan fingerprint density at radius 1 is 1.21 bits per heavy atom. The largest absolute Gasteiger partial charge is 0.357 e. The Labute approximate surface area is 154 Å². The number of aromatic nitrogens is 1. The molecule has 0 radical (unpaired) electrons. The predicted octanol–water partition coefficient (Wildman–Crippen LogP) is 5.10. The molecule has 2 heterocycles. The lowest BCUT2D eigenvalue weighted by Crippen LogP contribution is -2.44. The molecule has 1 fully saturated rings. The van der Waals surface area contributed by atoms with Gasteiger partial charge in [-0.15, -0.1) is 0 Å². The van der Waals surface area contributed by atoms with Gasteiger partial charge in [-0.25, -0.2) is 4.98 Å². The highest BCUT2D eigenvalue weighted by Gasteiger charge is 2.23. The first-order valence-electron chi connectivity index (χ1n) is 8.54. The van der Waals surface area contributed by atoms with Crippen molar-refractivity contribution in [2.45, 2.75) is 38.3 Å². The molecule has 1 unspecified atom stereocenters. The zero-order valence-corrected chi connectivity index (χ0v) is 15.4. The highest BCUT2D eigenvalue weighted by molar-refractivity contribution is 6.35. The van der Waals surface area contributed by atoms with Crippen molar-refractivity contribution in [2.24, 2.45) is 0 Å². The number of nitrogens with zero attached hydrogens (tertiary/aromatic N) is 2. The van der Waals surface area contributed by atoms with Crippen LogP contribution in [0.2, 0.25) is 10.0 Å². The maximum Gasteiger partial charge on any atom is 0.128 e. The lowest BCUT2D eigenvalue weighted by molar-refractivity contribution is 0.363. The van der Waals surface area contributed by atoms with E-state index in [0.29, 0.717) is 11.1 Å². The minimum Gasteiger partial charge on any atom is -0.357 e. The second kappa shape index (κ2) is 8.19. The molecule has 1 aromatic heterocycles. The summed E-state index contributed by atoms with van der Waals surface area (Å²) in [6, 6.07) is 12.6. The van der Waals surface area contributed by atoms with Crippen LogP contribution in [0.5, 0.6) is 0 Å². The number of hydrogen-bond acceptors (Lipinski definition) is 3. The molecule has 1 N–H and O–H groups in total. The molecule has 1 aliphatic rings. The Hall–Kier alpha value is -1.29. The second-order valence-corrected chi connectivity index (χ2v) is 7.09. The van der Waals surface area contributed by atoms with Gasteiger partial charge >= 0.3 is 0 Å². The maximum atomic E-state index is 6.38. The summed E-state index contributed by atoms with van der Waals surface area (Å²) in [6.07, 6.45) is 5.08. The number of halogens is 2. The van der Waals surface area contributed by atoms with Crippen LogP contribution in [0.1, 0.15) is 37.8 Å². The van der Waals surface area contributed by atoms with E-state index in [0.717, 1.165) is 48.8 Å².